The molecule has 180 valence electrons. The molecule has 4 aromatic rings. The van der Waals surface area contributed by atoms with Gasteiger partial charge in [0.15, 0.2) is 0 Å². The minimum atomic E-state index is -3.06. The van der Waals surface area contributed by atoms with Gasteiger partial charge < -0.3 is 9.80 Å². The molecule has 0 atom stereocenters. The Balaban J connectivity index is 1.14. The van der Waals surface area contributed by atoms with Crippen LogP contribution in [0.1, 0.15) is 12.8 Å². The van der Waals surface area contributed by atoms with Gasteiger partial charge in [-0.3, -0.25) is 0 Å². The van der Waals surface area contributed by atoms with Gasteiger partial charge in [-0.15, -0.1) is 10.2 Å². The third-order valence-electron chi connectivity index (χ3n) is 7.48. The monoisotopic (exact) mass is 509 g/mol. The molecular weight excluding hydrogens is 486 g/mol. The molecule has 0 radical (unpaired) electrons. The Bertz CT molecular complexity index is 1590. The summed E-state index contributed by atoms with van der Waals surface area (Å²) in [4.78, 5) is 9.14. The third kappa shape index (κ3) is 3.23. The summed E-state index contributed by atoms with van der Waals surface area (Å²) in [5, 5.41) is 9.22. The Labute approximate surface area is 208 Å². The average Bonchev–Trinajstić information content (AvgIpc) is 3.60. The second-order valence-electron chi connectivity index (χ2n) is 10.0. The first kappa shape index (κ1) is 21.3. The van der Waals surface area contributed by atoms with E-state index in [4.69, 9.17) is 16.6 Å². The van der Waals surface area contributed by atoms with Crippen LogP contribution in [-0.4, -0.2) is 70.8 Å². The summed E-state index contributed by atoms with van der Waals surface area (Å²) in [6, 6.07) is 16.3. The lowest BCUT2D eigenvalue weighted by Crippen LogP contribution is -2.73. The minimum Gasteiger partial charge on any atom is -0.370 e. The number of fused-ring (bicyclic) bond motifs is 3. The van der Waals surface area contributed by atoms with E-state index < -0.39 is 10.0 Å². The molecule has 2 aromatic heterocycles. The van der Waals surface area contributed by atoms with Crippen LogP contribution in [0.15, 0.2) is 48.5 Å². The number of hydrogen-bond donors (Lipinski definition) is 0. The van der Waals surface area contributed by atoms with Crippen LogP contribution in [-0.2, 0) is 10.0 Å². The number of nitrogens with zero attached hydrogens (tertiary/aromatic N) is 7. The zero-order valence-electron chi connectivity index (χ0n) is 19.2. The highest BCUT2D eigenvalue weighted by atomic mass is 35.5. The molecule has 0 amide bonds. The van der Waals surface area contributed by atoms with E-state index in [0.29, 0.717) is 18.9 Å². The van der Waals surface area contributed by atoms with Gasteiger partial charge in [0.1, 0.15) is 5.82 Å². The number of rotatable bonds is 5. The molecule has 2 aliphatic heterocycles. The van der Waals surface area contributed by atoms with Gasteiger partial charge in [0.05, 0.1) is 10.8 Å². The van der Waals surface area contributed by atoms with E-state index in [-0.39, 0.29) is 15.9 Å². The van der Waals surface area contributed by atoms with E-state index in [9.17, 15) is 8.42 Å². The van der Waals surface area contributed by atoms with Crippen LogP contribution in [0.5, 0.6) is 0 Å². The van der Waals surface area contributed by atoms with Gasteiger partial charge in [-0.2, -0.15) is 4.98 Å². The molecule has 0 bridgehead atoms. The zero-order valence-corrected chi connectivity index (χ0v) is 20.7. The number of aromatic nitrogens is 4. The highest BCUT2D eigenvalue weighted by Crippen LogP contribution is 2.46. The van der Waals surface area contributed by atoms with E-state index in [2.05, 4.69) is 38.2 Å². The first-order valence-electron chi connectivity index (χ1n) is 11.7. The predicted octanol–water partition coefficient (Wildman–Crippen LogP) is 3.31. The summed E-state index contributed by atoms with van der Waals surface area (Å²) in [5.74, 6) is 1.22. The van der Waals surface area contributed by atoms with Crippen molar-refractivity contribution in [3.05, 3.63) is 53.8 Å². The summed E-state index contributed by atoms with van der Waals surface area (Å²) >= 11 is 6.26. The van der Waals surface area contributed by atoms with Gasteiger partial charge in [0, 0.05) is 55.4 Å². The van der Waals surface area contributed by atoms with Crippen LogP contribution in [0.25, 0.3) is 16.7 Å². The molecule has 0 N–H and O–H groups in total. The number of hydrogen-bond acceptors (Lipinski definition) is 7. The lowest BCUT2D eigenvalue weighted by molar-refractivity contribution is 0.0394. The summed E-state index contributed by atoms with van der Waals surface area (Å²) in [7, 11) is -1.06. The molecule has 11 heteroatoms. The lowest BCUT2D eigenvalue weighted by Gasteiger charge is -2.60. The first-order chi connectivity index (χ1) is 16.8. The van der Waals surface area contributed by atoms with Crippen molar-refractivity contribution in [2.45, 2.75) is 18.1 Å². The fourth-order valence-corrected chi connectivity index (χ4v) is 7.70. The zero-order chi connectivity index (χ0) is 23.9. The van der Waals surface area contributed by atoms with Gasteiger partial charge in [-0.05, 0) is 54.8 Å². The van der Waals surface area contributed by atoms with Crippen LogP contribution in [0.3, 0.4) is 0 Å². The normalized spacial score (nSPS) is 19.8. The van der Waals surface area contributed by atoms with E-state index in [1.807, 2.05) is 37.4 Å². The van der Waals surface area contributed by atoms with Crippen LogP contribution in [0.2, 0.25) is 5.28 Å². The second-order valence-corrected chi connectivity index (χ2v) is 12.6. The summed E-state index contributed by atoms with van der Waals surface area (Å²) < 4.78 is 28.4. The maximum absolute atomic E-state index is 12.5. The molecule has 2 aromatic carbocycles. The Morgan fingerprint density at radius 1 is 1.03 bits per heavy atom. The summed E-state index contributed by atoms with van der Waals surface area (Å²) in [6.45, 7) is 3.06. The molecule has 2 saturated heterocycles. The molecule has 1 spiro atoms. The number of halogens is 1. The highest BCUT2D eigenvalue weighted by Gasteiger charge is 2.57. The van der Waals surface area contributed by atoms with Gasteiger partial charge >= 0.3 is 0 Å². The minimum absolute atomic E-state index is 0.0968. The van der Waals surface area contributed by atoms with Gasteiger partial charge in [0.25, 0.3) is 5.78 Å². The maximum Gasteiger partial charge on any atom is 0.258 e. The van der Waals surface area contributed by atoms with Gasteiger partial charge in [-0.1, -0.05) is 18.2 Å². The van der Waals surface area contributed by atoms with Crippen molar-refractivity contribution in [3.8, 4) is 0 Å². The van der Waals surface area contributed by atoms with Crippen LogP contribution in [0.4, 0.5) is 17.2 Å². The highest BCUT2D eigenvalue weighted by molar-refractivity contribution is 7.90. The predicted molar refractivity (Wildman–Crippen MR) is 136 cm³/mol. The van der Waals surface area contributed by atoms with Crippen molar-refractivity contribution in [2.24, 2.45) is 5.41 Å². The smallest absolute Gasteiger partial charge is 0.258 e. The molecule has 1 saturated carbocycles. The standard InChI is InChI=1S/C24H24ClN7O2S/c1-29(21-19-7-2-3-8-20(19)32-22(25)27-28-23(32)26-21)16-5-4-6-17(11-16)30-12-24(13-30)14-31(15-24)35(33,34)18-9-10-18/h2-8,11,18H,9-10,12-15H2,1H3. The molecule has 3 fully saturated rings. The molecular formula is C24H24ClN7O2S. The number of para-hydroxylation sites is 1. The van der Waals surface area contributed by atoms with Gasteiger partial charge in [-0.25, -0.2) is 17.1 Å². The average molecular weight is 510 g/mol. The molecule has 35 heavy (non-hydrogen) atoms. The maximum atomic E-state index is 12.5. The quantitative estimate of drug-likeness (QED) is 0.408. The second kappa shape index (κ2) is 7.28. The van der Waals surface area contributed by atoms with E-state index >= 15 is 0 Å². The number of benzene rings is 2. The number of sulfonamides is 1. The van der Waals surface area contributed by atoms with E-state index in [1.54, 1.807) is 8.71 Å². The fraction of sp³-hybridized carbons (Fsp3) is 0.375. The first-order valence-corrected chi connectivity index (χ1v) is 13.6. The summed E-state index contributed by atoms with van der Waals surface area (Å²) in [5.41, 5.74) is 3.12. The third-order valence-corrected chi connectivity index (χ3v) is 10.0. The summed E-state index contributed by atoms with van der Waals surface area (Å²) in [6.07, 6.45) is 1.64. The van der Waals surface area contributed by atoms with Crippen LogP contribution < -0.4 is 9.80 Å². The topological polar surface area (TPSA) is 86.9 Å². The molecule has 3 aliphatic rings. The Morgan fingerprint density at radius 2 is 1.80 bits per heavy atom. The van der Waals surface area contributed by atoms with Crippen molar-refractivity contribution >= 4 is 55.5 Å². The fourth-order valence-electron chi connectivity index (χ4n) is 5.43. The molecule has 4 heterocycles. The van der Waals surface area contributed by atoms with Crippen LogP contribution in [0, 0.1) is 5.41 Å². The lowest BCUT2D eigenvalue weighted by atomic mass is 9.74. The SMILES string of the molecule is CN(c1cccc(N2CC3(C2)CN(S(=O)(=O)C2CC2)C3)c1)c1nc2nnc(Cl)n2c2ccccc12. The Hall–Kier alpha value is -2.95. The largest absolute Gasteiger partial charge is 0.370 e. The van der Waals surface area contributed by atoms with E-state index in [1.165, 1.54) is 0 Å². The molecule has 7 rings (SSSR count). The van der Waals surface area contributed by atoms with Crippen molar-refractivity contribution < 1.29 is 8.42 Å². The van der Waals surface area contributed by atoms with Crippen molar-refractivity contribution in [3.63, 3.8) is 0 Å². The molecule has 9 nitrogen and oxygen atoms in total. The molecule has 0 unspecified atom stereocenters. The van der Waals surface area contributed by atoms with Gasteiger partial charge in [0.2, 0.25) is 15.3 Å². The van der Waals surface area contributed by atoms with Crippen molar-refractivity contribution in [1.29, 1.82) is 0 Å². The Morgan fingerprint density at radius 3 is 2.57 bits per heavy atom. The van der Waals surface area contributed by atoms with Crippen molar-refractivity contribution in [1.82, 2.24) is 23.9 Å². The van der Waals surface area contributed by atoms with Crippen molar-refractivity contribution in [2.75, 3.05) is 43.0 Å². The van der Waals surface area contributed by atoms with E-state index in [0.717, 1.165) is 54.0 Å². The number of anilines is 3. The Kier molecular flexibility index (Phi) is 4.44. The van der Waals surface area contributed by atoms with Crippen LogP contribution >= 0.6 is 11.6 Å². The molecule has 1 aliphatic carbocycles.